The van der Waals surface area contributed by atoms with Gasteiger partial charge in [0, 0.05) is 22.9 Å². The zero-order valence-corrected chi connectivity index (χ0v) is 42.5. The second kappa shape index (κ2) is 18.0. The van der Waals surface area contributed by atoms with Gasteiger partial charge in [-0.2, -0.15) is 0 Å². The molecular weight excluding hydrogens is 933 g/mol. The number of benzene rings is 11. The Morgan fingerprint density at radius 3 is 1.48 bits per heavy atom. The average molecular weight is 983 g/mol. The van der Waals surface area contributed by atoms with Crippen molar-refractivity contribution in [1.29, 1.82) is 0 Å². The van der Waals surface area contributed by atoms with Crippen LogP contribution in [0.1, 0.15) is 52.2 Å². The molecule has 1 unspecified atom stereocenters. The van der Waals surface area contributed by atoms with Crippen LogP contribution in [-0.2, 0) is 11.8 Å². The van der Waals surface area contributed by atoms with E-state index in [-0.39, 0.29) is 6.04 Å². The Labute approximate surface area is 448 Å². The molecule has 0 saturated carbocycles. The molecule has 1 spiro atoms. The number of nitrogens with one attached hydrogen (secondary N) is 1. The summed E-state index contributed by atoms with van der Waals surface area (Å²) in [7, 11) is 0. The fourth-order valence-corrected chi connectivity index (χ4v) is 12.9. The molecule has 1 atom stereocenters. The first-order valence-electron chi connectivity index (χ1n) is 26.8. The Balaban J connectivity index is 0.897. The van der Waals surface area contributed by atoms with Crippen LogP contribution in [0.2, 0.25) is 0 Å². The minimum atomic E-state index is -0.463. The van der Waals surface area contributed by atoms with Gasteiger partial charge in [0.1, 0.15) is 0 Å². The number of aryl methyl sites for hydroxylation is 1. The third-order valence-electron chi connectivity index (χ3n) is 16.4. The molecule has 362 valence electrons. The summed E-state index contributed by atoms with van der Waals surface area (Å²) in [4.78, 5) is 15.6. The molecule has 0 saturated heterocycles. The van der Waals surface area contributed by atoms with Crippen molar-refractivity contribution in [2.24, 2.45) is 0 Å². The van der Waals surface area contributed by atoms with Crippen LogP contribution in [0.3, 0.4) is 0 Å². The van der Waals surface area contributed by atoms with E-state index in [9.17, 15) is 0 Å². The van der Waals surface area contributed by atoms with Crippen molar-refractivity contribution in [3.05, 3.63) is 300 Å². The predicted molar refractivity (Wildman–Crippen MR) is 317 cm³/mol. The van der Waals surface area contributed by atoms with Crippen molar-refractivity contribution in [3.63, 3.8) is 0 Å². The summed E-state index contributed by atoms with van der Waals surface area (Å²) in [5, 5.41) is 8.50. The number of aromatic nitrogens is 3. The van der Waals surface area contributed by atoms with Gasteiger partial charge in [0.25, 0.3) is 0 Å². The van der Waals surface area contributed by atoms with Crippen LogP contribution in [0.4, 0.5) is 0 Å². The molecule has 4 nitrogen and oxygen atoms in total. The van der Waals surface area contributed by atoms with Gasteiger partial charge >= 0.3 is 0 Å². The van der Waals surface area contributed by atoms with E-state index in [1.165, 1.54) is 99.8 Å². The number of allylic oxidation sites excluding steroid dienone is 2. The molecule has 11 aromatic carbocycles. The topological polar surface area (TPSA) is 50.7 Å². The fraction of sp³-hybridized carbons (Fsp3) is 0.0548. The molecule has 3 aliphatic rings. The SMILES string of the molecule is CCc1cc(-c2ccccc2-c2ccccc2)c(-c2cccc3c2-c2ccccc2C32c3ccccc3-c3ccccc32)cc1C1C=CC(c2nc(-c3ccc4ccccc4c3)nc(-c3ccc4ccccc4c3)n2)=CN1. The molecule has 1 N–H and O–H groups in total. The molecule has 2 aliphatic carbocycles. The van der Waals surface area contributed by atoms with Gasteiger partial charge in [0.2, 0.25) is 0 Å². The minimum Gasteiger partial charge on any atom is -0.380 e. The van der Waals surface area contributed by atoms with Crippen molar-refractivity contribution in [2.75, 3.05) is 0 Å². The Bertz CT molecular complexity index is 4290. The van der Waals surface area contributed by atoms with Gasteiger partial charge in [0.05, 0.1) is 11.5 Å². The molecule has 77 heavy (non-hydrogen) atoms. The summed E-state index contributed by atoms with van der Waals surface area (Å²) in [5.74, 6) is 1.88. The smallest absolute Gasteiger partial charge is 0.165 e. The molecule has 0 fully saturated rings. The first kappa shape index (κ1) is 44.7. The Morgan fingerprint density at radius 2 is 0.870 bits per heavy atom. The van der Waals surface area contributed by atoms with E-state index in [1.54, 1.807) is 0 Å². The van der Waals surface area contributed by atoms with E-state index in [1.807, 2.05) is 0 Å². The Morgan fingerprint density at radius 1 is 0.377 bits per heavy atom. The van der Waals surface area contributed by atoms with E-state index < -0.39 is 5.41 Å². The highest BCUT2D eigenvalue weighted by molar-refractivity contribution is 6.03. The lowest BCUT2D eigenvalue weighted by Gasteiger charge is -2.30. The quantitative estimate of drug-likeness (QED) is 0.165. The highest BCUT2D eigenvalue weighted by atomic mass is 15.0. The molecule has 0 bridgehead atoms. The molecule has 1 aliphatic heterocycles. The van der Waals surface area contributed by atoms with Crippen LogP contribution < -0.4 is 5.32 Å². The third-order valence-corrected chi connectivity index (χ3v) is 16.4. The first-order chi connectivity index (χ1) is 38.1. The molecule has 4 heteroatoms. The van der Waals surface area contributed by atoms with Crippen molar-refractivity contribution in [3.8, 4) is 78.4 Å². The van der Waals surface area contributed by atoms with E-state index >= 15 is 0 Å². The summed E-state index contributed by atoms with van der Waals surface area (Å²) in [6, 6.07) is 88.7. The highest BCUT2D eigenvalue weighted by Crippen LogP contribution is 2.64. The molecule has 12 aromatic rings. The number of nitrogens with zero attached hydrogens (tertiary/aromatic N) is 3. The largest absolute Gasteiger partial charge is 0.380 e. The first-order valence-corrected chi connectivity index (χ1v) is 26.8. The van der Waals surface area contributed by atoms with Crippen LogP contribution in [0.5, 0.6) is 0 Å². The summed E-state index contributed by atoms with van der Waals surface area (Å²) < 4.78 is 0. The number of fused-ring (bicyclic) bond motifs is 12. The number of hydrogen-bond donors (Lipinski definition) is 1. The molecule has 2 heterocycles. The second-order valence-electron chi connectivity index (χ2n) is 20.5. The van der Waals surface area contributed by atoms with Gasteiger partial charge in [-0.25, -0.2) is 15.0 Å². The van der Waals surface area contributed by atoms with Crippen molar-refractivity contribution >= 4 is 27.1 Å². The van der Waals surface area contributed by atoms with Gasteiger partial charge < -0.3 is 5.32 Å². The van der Waals surface area contributed by atoms with Crippen molar-refractivity contribution in [1.82, 2.24) is 20.3 Å². The van der Waals surface area contributed by atoms with Gasteiger partial charge in [-0.05, 0) is 135 Å². The van der Waals surface area contributed by atoms with Crippen LogP contribution in [0.15, 0.2) is 261 Å². The summed E-state index contributed by atoms with van der Waals surface area (Å²) in [5.41, 5.74) is 22.6. The molecule has 1 aromatic heterocycles. The standard InChI is InChI=1S/C73H50N4/c1-2-46-43-62(56-26-11-10-25-55(56)49-21-4-3-5-22-49)63(59-30-18-34-67-69(59)60-29-14-17-33-66(60)73(67)64-31-15-12-27-57(64)58-28-13-16-32-65(58)73)44-61(46)68-40-39-54(45-74-68)72-76-70(52-37-35-47-19-6-8-23-50(47)41-52)75-71(77-72)53-38-36-48-20-7-9-24-51(48)42-53/h3-45,68,74H,2H2,1H3. The highest BCUT2D eigenvalue weighted by Gasteiger charge is 2.52. The number of hydrogen-bond acceptors (Lipinski definition) is 4. The van der Waals surface area contributed by atoms with Crippen molar-refractivity contribution in [2.45, 2.75) is 24.8 Å². The zero-order valence-electron chi connectivity index (χ0n) is 42.5. The van der Waals surface area contributed by atoms with Crippen LogP contribution >= 0.6 is 0 Å². The van der Waals surface area contributed by atoms with Crippen LogP contribution in [0, 0.1) is 0 Å². The fourth-order valence-electron chi connectivity index (χ4n) is 12.9. The van der Waals surface area contributed by atoms with E-state index in [2.05, 4.69) is 273 Å². The van der Waals surface area contributed by atoms with Crippen LogP contribution in [0.25, 0.3) is 106 Å². The van der Waals surface area contributed by atoms with E-state index in [4.69, 9.17) is 15.0 Å². The monoisotopic (exact) mass is 982 g/mol. The van der Waals surface area contributed by atoms with E-state index in [0.717, 1.165) is 33.9 Å². The zero-order chi connectivity index (χ0) is 51.0. The molecular formula is C73H50N4. The maximum atomic E-state index is 5.21. The lowest BCUT2D eigenvalue weighted by molar-refractivity contribution is 0.738. The minimum absolute atomic E-state index is 0.128. The average Bonchev–Trinajstić information content (AvgIpc) is 3.01. The summed E-state index contributed by atoms with van der Waals surface area (Å²) >= 11 is 0. The predicted octanol–water partition coefficient (Wildman–Crippen LogP) is 17.7. The van der Waals surface area contributed by atoms with Gasteiger partial charge in [0.15, 0.2) is 17.5 Å². The van der Waals surface area contributed by atoms with Crippen molar-refractivity contribution < 1.29 is 0 Å². The molecule has 0 amide bonds. The normalized spacial score (nSPS) is 14.5. The van der Waals surface area contributed by atoms with Gasteiger partial charge in [-0.1, -0.05) is 244 Å². The lowest BCUT2D eigenvalue weighted by Crippen LogP contribution is -2.25. The van der Waals surface area contributed by atoms with E-state index in [0.29, 0.717) is 17.5 Å². The maximum absolute atomic E-state index is 5.21. The van der Waals surface area contributed by atoms with Gasteiger partial charge in [-0.3, -0.25) is 0 Å². The maximum Gasteiger partial charge on any atom is 0.165 e. The number of rotatable bonds is 8. The number of dihydropyridines is 1. The van der Waals surface area contributed by atoms with Gasteiger partial charge in [-0.15, -0.1) is 0 Å². The second-order valence-corrected chi connectivity index (χ2v) is 20.5. The Kier molecular flexibility index (Phi) is 10.4. The summed E-state index contributed by atoms with van der Waals surface area (Å²) in [6.07, 6.45) is 7.42. The van der Waals surface area contributed by atoms with Crippen LogP contribution in [-0.4, -0.2) is 15.0 Å². The summed E-state index contributed by atoms with van der Waals surface area (Å²) in [6.45, 7) is 2.28. The lowest BCUT2D eigenvalue weighted by atomic mass is 9.70. The molecule has 0 radical (unpaired) electrons. The third kappa shape index (κ3) is 7.10. The molecule has 15 rings (SSSR count). The Hall–Kier alpha value is -9.77.